The van der Waals surface area contributed by atoms with Crippen LogP contribution in [0.2, 0.25) is 0 Å². The minimum atomic E-state index is -0.671. The SMILES string of the molecule is O=C(CC1=CCc2ccc(F)cc21)C[C@@H](Cc1cc(F)cc(F)c1)c1ncccc1-c1cnc2ccccc2c1. The van der Waals surface area contributed by atoms with E-state index in [1.807, 2.05) is 48.5 Å². The maximum atomic E-state index is 14.1. The van der Waals surface area contributed by atoms with E-state index in [1.54, 1.807) is 18.5 Å². The van der Waals surface area contributed by atoms with Crippen molar-refractivity contribution >= 4 is 22.3 Å². The number of aromatic nitrogens is 2. The third-order valence-corrected chi connectivity index (χ3v) is 7.38. The molecule has 1 atom stereocenters. The van der Waals surface area contributed by atoms with Crippen LogP contribution in [-0.2, 0) is 17.6 Å². The summed E-state index contributed by atoms with van der Waals surface area (Å²) in [4.78, 5) is 22.8. The summed E-state index contributed by atoms with van der Waals surface area (Å²) < 4.78 is 42.1. The van der Waals surface area contributed by atoms with Crippen LogP contribution in [0.4, 0.5) is 13.2 Å². The third kappa shape index (κ3) is 5.43. The van der Waals surface area contributed by atoms with Crippen molar-refractivity contribution in [3.05, 3.63) is 137 Å². The highest BCUT2D eigenvalue weighted by Gasteiger charge is 2.25. The summed E-state index contributed by atoms with van der Waals surface area (Å²) in [6.07, 6.45) is 6.52. The number of carbonyl (C=O) groups excluding carboxylic acids is 1. The molecule has 0 fully saturated rings. The molecule has 1 aliphatic carbocycles. The fourth-order valence-corrected chi connectivity index (χ4v) is 5.58. The quantitative estimate of drug-likeness (QED) is 0.202. The zero-order valence-electron chi connectivity index (χ0n) is 21.6. The van der Waals surface area contributed by atoms with Crippen molar-refractivity contribution < 1.29 is 18.0 Å². The fraction of sp³-hybridized carbons (Fsp3) is 0.147. The van der Waals surface area contributed by atoms with E-state index in [0.29, 0.717) is 17.7 Å². The number of allylic oxidation sites excluding steroid dienone is 2. The summed E-state index contributed by atoms with van der Waals surface area (Å²) in [5, 5.41) is 0.966. The van der Waals surface area contributed by atoms with E-state index < -0.39 is 17.6 Å². The Balaban J connectivity index is 1.35. The zero-order valence-corrected chi connectivity index (χ0v) is 21.6. The van der Waals surface area contributed by atoms with Crippen LogP contribution in [0, 0.1) is 17.5 Å². The van der Waals surface area contributed by atoms with Crippen LogP contribution in [0.1, 0.15) is 41.1 Å². The summed E-state index contributed by atoms with van der Waals surface area (Å²) in [5.41, 5.74) is 6.16. The summed E-state index contributed by atoms with van der Waals surface area (Å²) in [7, 11) is 0. The molecule has 40 heavy (non-hydrogen) atoms. The van der Waals surface area contributed by atoms with Crippen molar-refractivity contribution in [1.29, 1.82) is 0 Å². The standard InChI is InChI=1S/C34H25F3N2O/c35-27-10-9-22-7-8-23(32(22)19-27)16-30(40)17-25(12-21-13-28(36)18-29(37)14-21)34-31(5-3-11-38-34)26-15-24-4-1-2-6-33(24)39-20-26/h1-6,8-11,13-15,18-20,25H,7,12,16-17H2/t25-/m1/s1. The molecular formula is C34H25F3N2O. The summed E-state index contributed by atoms with van der Waals surface area (Å²) in [6, 6.07) is 21.6. The molecule has 0 spiro atoms. The Morgan fingerprint density at radius 1 is 0.825 bits per heavy atom. The average Bonchev–Trinajstić information content (AvgIpc) is 3.33. The van der Waals surface area contributed by atoms with Crippen molar-refractivity contribution in [1.82, 2.24) is 9.97 Å². The molecular weight excluding hydrogens is 509 g/mol. The highest BCUT2D eigenvalue weighted by atomic mass is 19.1. The lowest BCUT2D eigenvalue weighted by atomic mass is 9.85. The van der Waals surface area contributed by atoms with Crippen LogP contribution >= 0.6 is 0 Å². The molecule has 3 nitrogen and oxygen atoms in total. The first-order chi connectivity index (χ1) is 19.4. The van der Waals surface area contributed by atoms with Crippen molar-refractivity contribution in [3.8, 4) is 11.1 Å². The van der Waals surface area contributed by atoms with Crippen molar-refractivity contribution in [2.45, 2.75) is 31.6 Å². The molecule has 0 amide bonds. The number of fused-ring (bicyclic) bond motifs is 2. The van der Waals surface area contributed by atoms with Gasteiger partial charge in [-0.15, -0.1) is 0 Å². The van der Waals surface area contributed by atoms with Gasteiger partial charge in [-0.1, -0.05) is 36.4 Å². The third-order valence-electron chi connectivity index (χ3n) is 7.38. The number of nitrogens with zero attached hydrogens (tertiary/aromatic N) is 2. The predicted octanol–water partition coefficient (Wildman–Crippen LogP) is 8.03. The Morgan fingerprint density at radius 3 is 2.50 bits per heavy atom. The van der Waals surface area contributed by atoms with E-state index in [9.17, 15) is 18.0 Å². The molecule has 0 unspecified atom stereocenters. The number of hydrogen-bond donors (Lipinski definition) is 0. The normalized spacial score (nSPS) is 13.2. The molecule has 6 rings (SSSR count). The molecule has 0 saturated carbocycles. The van der Waals surface area contributed by atoms with E-state index in [4.69, 9.17) is 0 Å². The Hall–Kier alpha value is -4.58. The number of rotatable bonds is 8. The van der Waals surface area contributed by atoms with Gasteiger partial charge in [0.25, 0.3) is 0 Å². The van der Waals surface area contributed by atoms with Gasteiger partial charge in [0.1, 0.15) is 23.2 Å². The van der Waals surface area contributed by atoms with Crippen LogP contribution in [-0.4, -0.2) is 15.8 Å². The van der Waals surface area contributed by atoms with Gasteiger partial charge in [0.05, 0.1) is 11.2 Å². The van der Waals surface area contributed by atoms with Gasteiger partial charge < -0.3 is 0 Å². The number of Topliss-reactive ketones (excluding diaryl/α,β-unsaturated/α-hetero) is 1. The van der Waals surface area contributed by atoms with Gasteiger partial charge in [0, 0.05) is 53.7 Å². The first-order valence-corrected chi connectivity index (χ1v) is 13.2. The predicted molar refractivity (Wildman–Crippen MR) is 150 cm³/mol. The maximum Gasteiger partial charge on any atom is 0.137 e. The molecule has 0 bridgehead atoms. The van der Waals surface area contributed by atoms with Crippen LogP contribution in [0.3, 0.4) is 0 Å². The van der Waals surface area contributed by atoms with E-state index in [0.717, 1.165) is 44.8 Å². The Kier molecular flexibility index (Phi) is 6.99. The lowest BCUT2D eigenvalue weighted by Crippen LogP contribution is -2.13. The minimum Gasteiger partial charge on any atom is -0.299 e. The monoisotopic (exact) mass is 534 g/mol. The van der Waals surface area contributed by atoms with Gasteiger partial charge in [-0.3, -0.25) is 14.8 Å². The van der Waals surface area contributed by atoms with Gasteiger partial charge in [-0.25, -0.2) is 13.2 Å². The molecule has 0 aliphatic heterocycles. The molecule has 0 N–H and O–H groups in total. The van der Waals surface area contributed by atoms with Gasteiger partial charge >= 0.3 is 0 Å². The number of halogens is 3. The van der Waals surface area contributed by atoms with E-state index in [-0.39, 0.29) is 30.9 Å². The summed E-state index contributed by atoms with van der Waals surface area (Å²) in [6.45, 7) is 0. The highest BCUT2D eigenvalue weighted by molar-refractivity contribution is 5.92. The summed E-state index contributed by atoms with van der Waals surface area (Å²) in [5.74, 6) is -2.19. The minimum absolute atomic E-state index is 0.0570. The number of carbonyl (C=O) groups is 1. The van der Waals surface area contributed by atoms with Gasteiger partial charge in [-0.05, 0) is 77.6 Å². The van der Waals surface area contributed by atoms with Crippen molar-refractivity contribution in [2.24, 2.45) is 0 Å². The molecule has 2 aromatic heterocycles. The second-order valence-electron chi connectivity index (χ2n) is 10.2. The van der Waals surface area contributed by atoms with Crippen LogP contribution in [0.5, 0.6) is 0 Å². The largest absolute Gasteiger partial charge is 0.299 e. The van der Waals surface area contributed by atoms with Crippen molar-refractivity contribution in [2.75, 3.05) is 0 Å². The van der Waals surface area contributed by atoms with Crippen LogP contribution in [0.15, 0.2) is 97.3 Å². The zero-order chi connectivity index (χ0) is 27.6. The van der Waals surface area contributed by atoms with E-state index in [1.165, 1.54) is 24.3 Å². The van der Waals surface area contributed by atoms with Gasteiger partial charge in [0.15, 0.2) is 0 Å². The number of pyridine rings is 2. The molecule has 5 aromatic rings. The first-order valence-electron chi connectivity index (χ1n) is 13.2. The molecule has 198 valence electrons. The number of ketones is 1. The van der Waals surface area contributed by atoms with Crippen LogP contribution in [0.25, 0.3) is 27.6 Å². The molecule has 1 aliphatic rings. The molecule has 2 heterocycles. The Bertz CT molecular complexity index is 1760. The second-order valence-corrected chi connectivity index (χ2v) is 10.2. The maximum absolute atomic E-state index is 14.1. The van der Waals surface area contributed by atoms with E-state index >= 15 is 0 Å². The molecule has 6 heteroatoms. The fourth-order valence-electron chi connectivity index (χ4n) is 5.58. The number of benzene rings is 3. The highest BCUT2D eigenvalue weighted by Crippen LogP contribution is 2.36. The van der Waals surface area contributed by atoms with Gasteiger partial charge in [0.2, 0.25) is 0 Å². The van der Waals surface area contributed by atoms with Crippen molar-refractivity contribution in [3.63, 3.8) is 0 Å². The summed E-state index contributed by atoms with van der Waals surface area (Å²) >= 11 is 0. The number of hydrogen-bond acceptors (Lipinski definition) is 3. The van der Waals surface area contributed by atoms with Crippen LogP contribution < -0.4 is 0 Å². The van der Waals surface area contributed by atoms with E-state index in [2.05, 4.69) is 9.97 Å². The second kappa shape index (κ2) is 10.9. The lowest BCUT2D eigenvalue weighted by Gasteiger charge is -2.20. The lowest BCUT2D eigenvalue weighted by molar-refractivity contribution is -0.118. The molecule has 0 saturated heterocycles. The smallest absolute Gasteiger partial charge is 0.137 e. The van der Waals surface area contributed by atoms with Gasteiger partial charge in [-0.2, -0.15) is 0 Å². The Labute approximate surface area is 230 Å². The first kappa shape index (κ1) is 25.7. The molecule has 3 aromatic carbocycles. The number of para-hydroxylation sites is 1. The average molecular weight is 535 g/mol. The Morgan fingerprint density at radius 2 is 1.65 bits per heavy atom. The topological polar surface area (TPSA) is 42.9 Å². The molecule has 0 radical (unpaired) electrons.